The Morgan fingerprint density at radius 3 is 2.84 bits per heavy atom. The van der Waals surface area contributed by atoms with Crippen LogP contribution in [0.5, 0.6) is 5.75 Å². The maximum atomic E-state index is 6.11. The molecule has 1 aromatic carbocycles. The number of nitrogens with one attached hydrogen (secondary N) is 1. The Balaban J connectivity index is 2.12. The first-order valence-corrected chi connectivity index (χ1v) is 6.53. The summed E-state index contributed by atoms with van der Waals surface area (Å²) >= 11 is 0. The molecule has 1 unspecified atom stereocenters. The first-order valence-electron chi connectivity index (χ1n) is 6.53. The molecule has 0 saturated heterocycles. The lowest BCUT2D eigenvalue weighted by Gasteiger charge is -2.17. The van der Waals surface area contributed by atoms with Gasteiger partial charge in [-0.25, -0.2) is 0 Å². The second kappa shape index (κ2) is 6.18. The lowest BCUT2D eigenvalue weighted by atomic mass is 10.2. The van der Waals surface area contributed by atoms with Crippen molar-refractivity contribution in [1.82, 2.24) is 0 Å². The van der Waals surface area contributed by atoms with Crippen LogP contribution in [0.3, 0.4) is 0 Å². The zero-order chi connectivity index (χ0) is 13.7. The van der Waals surface area contributed by atoms with Crippen molar-refractivity contribution in [3.8, 4) is 5.75 Å². The highest BCUT2D eigenvalue weighted by atomic mass is 16.5. The summed E-state index contributed by atoms with van der Waals surface area (Å²) in [6.07, 6.45) is 2.62. The van der Waals surface area contributed by atoms with Crippen molar-refractivity contribution in [3.05, 3.63) is 42.4 Å². The van der Waals surface area contributed by atoms with E-state index < -0.39 is 0 Å². The molecule has 2 rings (SSSR count). The highest BCUT2D eigenvalue weighted by molar-refractivity contribution is 5.73. The molecular weight excluding hydrogens is 240 g/mol. The molecule has 1 aromatic heterocycles. The molecular formula is C15H20N2O2. The topological polar surface area (TPSA) is 60.4 Å². The van der Waals surface area contributed by atoms with Crippen molar-refractivity contribution >= 4 is 11.4 Å². The molecule has 1 atom stereocenters. The normalized spacial score (nSPS) is 12.1. The highest BCUT2D eigenvalue weighted by Crippen LogP contribution is 2.32. The van der Waals surface area contributed by atoms with E-state index >= 15 is 0 Å². The number of rotatable bonds is 6. The molecule has 0 radical (unpaired) electrons. The molecule has 4 heteroatoms. The predicted molar refractivity (Wildman–Crippen MR) is 77.4 cm³/mol. The van der Waals surface area contributed by atoms with E-state index in [1.54, 1.807) is 6.26 Å². The van der Waals surface area contributed by atoms with Gasteiger partial charge in [0.2, 0.25) is 0 Å². The molecule has 2 aromatic rings. The highest BCUT2D eigenvalue weighted by Gasteiger charge is 2.11. The first kappa shape index (κ1) is 13.3. The number of nitrogen functional groups attached to an aromatic ring is 1. The Morgan fingerprint density at radius 2 is 2.16 bits per heavy atom. The molecule has 0 fully saturated rings. The third kappa shape index (κ3) is 3.22. The van der Waals surface area contributed by atoms with Crippen LogP contribution in [0.15, 0.2) is 41.0 Å². The van der Waals surface area contributed by atoms with Gasteiger partial charge in [-0.15, -0.1) is 0 Å². The fraction of sp³-hybridized carbons (Fsp3) is 0.333. The Labute approximate surface area is 113 Å². The molecule has 4 nitrogen and oxygen atoms in total. The number of hydrogen-bond donors (Lipinski definition) is 2. The van der Waals surface area contributed by atoms with Gasteiger partial charge in [-0.1, -0.05) is 13.0 Å². The van der Waals surface area contributed by atoms with Crippen LogP contribution in [0.25, 0.3) is 0 Å². The smallest absolute Gasteiger partial charge is 0.144 e. The van der Waals surface area contributed by atoms with Gasteiger partial charge in [0.1, 0.15) is 11.5 Å². The third-order valence-corrected chi connectivity index (χ3v) is 2.87. The van der Waals surface area contributed by atoms with E-state index in [2.05, 4.69) is 12.2 Å². The molecule has 19 heavy (non-hydrogen) atoms. The van der Waals surface area contributed by atoms with Crippen molar-refractivity contribution in [2.75, 3.05) is 17.7 Å². The van der Waals surface area contributed by atoms with Crippen molar-refractivity contribution in [2.24, 2.45) is 0 Å². The molecule has 0 aliphatic carbocycles. The number of ether oxygens (including phenoxy) is 1. The summed E-state index contributed by atoms with van der Waals surface area (Å²) in [6.45, 7) is 4.76. The van der Waals surface area contributed by atoms with E-state index in [1.807, 2.05) is 37.3 Å². The molecule has 3 N–H and O–H groups in total. The van der Waals surface area contributed by atoms with Crippen molar-refractivity contribution in [3.63, 3.8) is 0 Å². The summed E-state index contributed by atoms with van der Waals surface area (Å²) in [5, 5.41) is 3.33. The molecule has 0 amide bonds. The third-order valence-electron chi connectivity index (χ3n) is 2.87. The van der Waals surface area contributed by atoms with Crippen LogP contribution < -0.4 is 15.8 Å². The first-order chi connectivity index (χ1) is 9.22. The van der Waals surface area contributed by atoms with Crippen LogP contribution >= 0.6 is 0 Å². The summed E-state index contributed by atoms with van der Waals surface area (Å²) < 4.78 is 11.0. The minimum Gasteiger partial charge on any atom is -0.491 e. The number of hydrogen-bond acceptors (Lipinski definition) is 4. The van der Waals surface area contributed by atoms with Gasteiger partial charge in [0.05, 0.1) is 30.3 Å². The molecule has 0 aliphatic heterocycles. The number of para-hydroxylation sites is 1. The number of anilines is 2. The van der Waals surface area contributed by atoms with Gasteiger partial charge < -0.3 is 20.2 Å². The van der Waals surface area contributed by atoms with E-state index in [-0.39, 0.29) is 6.04 Å². The average Bonchev–Trinajstić information content (AvgIpc) is 2.94. The summed E-state index contributed by atoms with van der Waals surface area (Å²) in [5.41, 5.74) is 7.60. The standard InChI is InChI=1S/C15H20N2O2/c1-3-9-18-14-7-4-6-12(15(14)16)17-11(2)13-8-5-10-19-13/h4-8,10-11,17H,3,9,16H2,1-2H3. The van der Waals surface area contributed by atoms with Gasteiger partial charge >= 0.3 is 0 Å². The molecule has 102 valence electrons. The van der Waals surface area contributed by atoms with Crippen LogP contribution in [0.2, 0.25) is 0 Å². The Bertz CT molecular complexity index is 509. The van der Waals surface area contributed by atoms with Crippen molar-refractivity contribution in [1.29, 1.82) is 0 Å². The van der Waals surface area contributed by atoms with Gasteiger partial charge in [0.15, 0.2) is 0 Å². The Hall–Kier alpha value is -2.10. The lowest BCUT2D eigenvalue weighted by molar-refractivity contribution is 0.319. The molecule has 0 aliphatic rings. The lowest BCUT2D eigenvalue weighted by Crippen LogP contribution is -2.08. The number of nitrogens with two attached hydrogens (primary N) is 1. The van der Waals surface area contributed by atoms with Crippen LogP contribution in [0.1, 0.15) is 32.1 Å². The Kier molecular flexibility index (Phi) is 4.34. The number of furan rings is 1. The summed E-state index contributed by atoms with van der Waals surface area (Å²) in [7, 11) is 0. The van der Waals surface area contributed by atoms with Gasteiger partial charge in [-0.3, -0.25) is 0 Å². The fourth-order valence-electron chi connectivity index (χ4n) is 1.85. The summed E-state index contributed by atoms with van der Waals surface area (Å²) in [6, 6.07) is 9.61. The minimum absolute atomic E-state index is 0.0544. The van der Waals surface area contributed by atoms with Gasteiger partial charge in [-0.2, -0.15) is 0 Å². The van der Waals surface area contributed by atoms with Crippen LogP contribution in [-0.4, -0.2) is 6.61 Å². The van der Waals surface area contributed by atoms with E-state index in [0.29, 0.717) is 12.3 Å². The summed E-state index contributed by atoms with van der Waals surface area (Å²) in [5.74, 6) is 1.60. The largest absolute Gasteiger partial charge is 0.491 e. The zero-order valence-corrected chi connectivity index (χ0v) is 11.3. The second-order valence-electron chi connectivity index (χ2n) is 4.45. The van der Waals surface area contributed by atoms with Gasteiger partial charge in [0.25, 0.3) is 0 Å². The SMILES string of the molecule is CCCOc1cccc(NC(C)c2ccco2)c1N. The molecule has 0 bridgehead atoms. The zero-order valence-electron chi connectivity index (χ0n) is 11.3. The molecule has 1 heterocycles. The van der Waals surface area contributed by atoms with Crippen LogP contribution in [0.4, 0.5) is 11.4 Å². The second-order valence-corrected chi connectivity index (χ2v) is 4.45. The van der Waals surface area contributed by atoms with E-state index in [4.69, 9.17) is 14.9 Å². The minimum atomic E-state index is 0.0544. The quantitative estimate of drug-likeness (QED) is 0.775. The fourth-order valence-corrected chi connectivity index (χ4v) is 1.85. The van der Waals surface area contributed by atoms with Gasteiger partial charge in [-0.05, 0) is 37.6 Å². The van der Waals surface area contributed by atoms with Crippen LogP contribution in [0, 0.1) is 0 Å². The van der Waals surface area contributed by atoms with Crippen molar-refractivity contribution in [2.45, 2.75) is 26.3 Å². The predicted octanol–water partition coefficient (Wildman–Crippen LogP) is 3.82. The molecule has 0 spiro atoms. The monoisotopic (exact) mass is 260 g/mol. The maximum absolute atomic E-state index is 6.11. The van der Waals surface area contributed by atoms with Crippen LogP contribution in [-0.2, 0) is 0 Å². The average molecular weight is 260 g/mol. The Morgan fingerprint density at radius 1 is 1.32 bits per heavy atom. The maximum Gasteiger partial charge on any atom is 0.144 e. The van der Waals surface area contributed by atoms with E-state index in [1.165, 1.54) is 0 Å². The number of benzene rings is 1. The van der Waals surface area contributed by atoms with E-state index in [9.17, 15) is 0 Å². The van der Waals surface area contributed by atoms with Crippen molar-refractivity contribution < 1.29 is 9.15 Å². The van der Waals surface area contributed by atoms with Gasteiger partial charge in [0, 0.05) is 0 Å². The van der Waals surface area contributed by atoms with E-state index in [0.717, 1.165) is 23.6 Å². The summed E-state index contributed by atoms with van der Waals surface area (Å²) in [4.78, 5) is 0. The molecule has 0 saturated carbocycles.